The van der Waals surface area contributed by atoms with Gasteiger partial charge in [0.1, 0.15) is 29.9 Å². The van der Waals surface area contributed by atoms with Crippen molar-refractivity contribution in [2.24, 2.45) is 11.3 Å². The van der Waals surface area contributed by atoms with E-state index in [0.717, 1.165) is 90.3 Å². The van der Waals surface area contributed by atoms with Crippen LogP contribution in [0.5, 0.6) is 5.75 Å². The fraction of sp³-hybridized carbons (Fsp3) is 0.697. The largest absolute Gasteiger partial charge is 0.493 e. The van der Waals surface area contributed by atoms with Gasteiger partial charge in [-0.05, 0) is 81.0 Å². The van der Waals surface area contributed by atoms with Gasteiger partial charge in [0.2, 0.25) is 5.95 Å². The van der Waals surface area contributed by atoms with Crippen LogP contribution in [0.2, 0.25) is 5.02 Å². The van der Waals surface area contributed by atoms with Gasteiger partial charge in [-0.15, -0.1) is 0 Å². The molecule has 1 aromatic carbocycles. The molecule has 3 aliphatic rings. The molecule has 1 spiro atoms. The topological polar surface area (TPSA) is 146 Å². The molecule has 0 amide bonds. The molecule has 5 atom stereocenters. The molecule has 3 aliphatic heterocycles. The fourth-order valence-electron chi connectivity index (χ4n) is 7.22. The summed E-state index contributed by atoms with van der Waals surface area (Å²) in [5, 5.41) is 49.5. The lowest BCUT2D eigenvalue weighted by atomic mass is 9.86. The molecule has 256 valence electrons. The van der Waals surface area contributed by atoms with Crippen molar-refractivity contribution in [2.45, 2.75) is 69.4 Å². The fourth-order valence-corrected chi connectivity index (χ4v) is 7.32. The third-order valence-corrected chi connectivity index (χ3v) is 10.3. The third-order valence-electron chi connectivity index (χ3n) is 10.1. The summed E-state index contributed by atoms with van der Waals surface area (Å²) in [5.74, 6) is 1.69. The lowest BCUT2D eigenvalue weighted by Gasteiger charge is -2.31. The highest BCUT2D eigenvalue weighted by molar-refractivity contribution is 6.30. The lowest BCUT2D eigenvalue weighted by molar-refractivity contribution is -0.119. The molecule has 0 saturated carbocycles. The molecule has 0 bridgehead atoms. The molecule has 3 fully saturated rings. The monoisotopic (exact) mass is 665 g/mol. The summed E-state index contributed by atoms with van der Waals surface area (Å²) in [5.41, 5.74) is 0.769. The van der Waals surface area contributed by atoms with Crippen LogP contribution in [0.25, 0.3) is 0 Å². The van der Waals surface area contributed by atoms with Gasteiger partial charge in [-0.1, -0.05) is 17.7 Å². The van der Waals surface area contributed by atoms with Gasteiger partial charge in [-0.2, -0.15) is 0 Å². The summed E-state index contributed by atoms with van der Waals surface area (Å²) in [6, 6.07) is 5.19. The summed E-state index contributed by atoms with van der Waals surface area (Å²) in [7, 11) is 0. The smallest absolute Gasteiger partial charge is 0.225 e. The third kappa shape index (κ3) is 9.25. The number of aromatic nitrogens is 2. The second-order valence-electron chi connectivity index (χ2n) is 13.4. The van der Waals surface area contributed by atoms with Crippen molar-refractivity contribution in [1.82, 2.24) is 19.8 Å². The number of aliphatic hydroxyl groups excluding tert-OH is 5. The van der Waals surface area contributed by atoms with Crippen LogP contribution in [-0.2, 0) is 6.42 Å². The van der Waals surface area contributed by atoms with E-state index in [0.29, 0.717) is 35.3 Å². The average molecular weight is 666 g/mol. The number of ether oxygens (including phenoxy) is 1. The van der Waals surface area contributed by atoms with E-state index in [2.05, 4.69) is 24.7 Å². The predicted molar refractivity (Wildman–Crippen MR) is 172 cm³/mol. The Morgan fingerprint density at radius 2 is 1.63 bits per heavy atom. The predicted octanol–water partition coefficient (Wildman–Crippen LogP) is 1.72. The van der Waals surface area contributed by atoms with Gasteiger partial charge < -0.3 is 45.0 Å². The number of rotatable bonds is 15. The summed E-state index contributed by atoms with van der Waals surface area (Å²) in [4.78, 5) is 15.3. The first-order chi connectivity index (χ1) is 22.1. The van der Waals surface area contributed by atoms with Crippen LogP contribution in [0.1, 0.15) is 44.1 Å². The van der Waals surface area contributed by atoms with E-state index in [9.17, 15) is 24.8 Å². The first kappa shape index (κ1) is 35.2. The summed E-state index contributed by atoms with van der Waals surface area (Å²) >= 11 is 5.89. The van der Waals surface area contributed by atoms with Gasteiger partial charge in [-0.3, -0.25) is 0 Å². The van der Waals surface area contributed by atoms with Gasteiger partial charge in [-0.25, -0.2) is 14.4 Å². The molecule has 1 aromatic heterocycles. The molecule has 3 saturated heterocycles. The standard InChI is InChI=1S/C33H49ClFN5O6/c34-25-17-36-32(37-18-25)40-11-5-23(6-12-40)2-1-15-46-26-4-3-24(27(35)16-26)7-10-38-13-8-33(21-38)9-14-39(22-33)19-28(42)30(44)31(45)29(43)20-41/h3-4,16-18,23,28-31,41-45H,1-2,5-15,19-22H2. The van der Waals surface area contributed by atoms with Gasteiger partial charge in [0.25, 0.3) is 0 Å². The number of benzene rings is 1. The Labute approximate surface area is 275 Å². The molecule has 13 heteroatoms. The van der Waals surface area contributed by atoms with Gasteiger partial charge >= 0.3 is 0 Å². The second kappa shape index (κ2) is 16.3. The Morgan fingerprint density at radius 3 is 2.33 bits per heavy atom. The number of hydrogen-bond donors (Lipinski definition) is 5. The SMILES string of the molecule is OCC(O)C(O)C(O)C(O)CN1CCC2(CCN(CCc3ccc(OCCCC4CCN(c5ncc(Cl)cn5)CC4)cc3F)C2)C1. The number of piperidine rings is 1. The molecule has 2 aromatic rings. The van der Waals surface area contributed by atoms with E-state index in [1.54, 1.807) is 12.4 Å². The Kier molecular flexibility index (Phi) is 12.5. The van der Waals surface area contributed by atoms with Crippen LogP contribution in [0, 0.1) is 17.2 Å². The number of anilines is 1. The van der Waals surface area contributed by atoms with Gasteiger partial charge in [0, 0.05) is 45.3 Å². The lowest BCUT2D eigenvalue weighted by Crippen LogP contribution is -2.49. The van der Waals surface area contributed by atoms with Crippen LogP contribution in [0.3, 0.4) is 0 Å². The van der Waals surface area contributed by atoms with Crippen LogP contribution >= 0.6 is 11.6 Å². The summed E-state index contributed by atoms with van der Waals surface area (Å²) < 4.78 is 20.9. The molecule has 0 radical (unpaired) electrons. The highest BCUT2D eigenvalue weighted by Crippen LogP contribution is 2.39. The van der Waals surface area contributed by atoms with Crippen molar-refractivity contribution in [3.05, 3.63) is 47.0 Å². The summed E-state index contributed by atoms with van der Waals surface area (Å²) in [6.07, 6.45) is 4.12. The molecular weight excluding hydrogens is 617 g/mol. The van der Waals surface area contributed by atoms with E-state index >= 15 is 0 Å². The normalized spacial score (nSPS) is 24.0. The van der Waals surface area contributed by atoms with Gasteiger partial charge in [0.15, 0.2) is 0 Å². The Morgan fingerprint density at radius 1 is 0.957 bits per heavy atom. The molecule has 5 unspecified atom stereocenters. The van der Waals surface area contributed by atoms with Crippen molar-refractivity contribution in [2.75, 3.05) is 70.5 Å². The van der Waals surface area contributed by atoms with Gasteiger partial charge in [0.05, 0.1) is 36.7 Å². The number of likely N-dealkylation sites (tertiary alicyclic amines) is 2. The van der Waals surface area contributed by atoms with E-state index in [4.69, 9.17) is 21.4 Å². The maximum absolute atomic E-state index is 15.0. The molecule has 46 heavy (non-hydrogen) atoms. The first-order valence-corrected chi connectivity index (χ1v) is 16.9. The summed E-state index contributed by atoms with van der Waals surface area (Å²) in [6.45, 7) is 6.02. The Balaban J connectivity index is 0.975. The minimum Gasteiger partial charge on any atom is -0.493 e. The minimum atomic E-state index is -1.61. The number of nitrogens with zero attached hydrogens (tertiary/aromatic N) is 5. The van der Waals surface area contributed by atoms with E-state index < -0.39 is 31.0 Å². The average Bonchev–Trinajstić information content (AvgIpc) is 3.66. The number of halogens is 2. The molecule has 4 heterocycles. The highest BCUT2D eigenvalue weighted by Gasteiger charge is 2.44. The number of hydrogen-bond acceptors (Lipinski definition) is 11. The Hall–Kier alpha value is -2.16. The zero-order valence-corrected chi connectivity index (χ0v) is 27.2. The maximum atomic E-state index is 15.0. The van der Waals surface area contributed by atoms with E-state index in [1.165, 1.54) is 6.07 Å². The van der Waals surface area contributed by atoms with Crippen LogP contribution < -0.4 is 9.64 Å². The second-order valence-corrected chi connectivity index (χ2v) is 13.9. The van der Waals surface area contributed by atoms with Crippen molar-refractivity contribution in [1.29, 1.82) is 0 Å². The molecular formula is C33H49ClFN5O6. The van der Waals surface area contributed by atoms with Crippen molar-refractivity contribution < 1.29 is 34.7 Å². The molecule has 5 rings (SSSR count). The minimum absolute atomic E-state index is 0.0895. The maximum Gasteiger partial charge on any atom is 0.225 e. The van der Waals surface area contributed by atoms with Crippen LogP contribution in [-0.4, -0.2) is 135 Å². The highest BCUT2D eigenvalue weighted by atomic mass is 35.5. The zero-order chi connectivity index (χ0) is 32.7. The van der Waals surface area contributed by atoms with Crippen LogP contribution in [0.15, 0.2) is 30.6 Å². The van der Waals surface area contributed by atoms with E-state index in [-0.39, 0.29) is 17.8 Å². The zero-order valence-electron chi connectivity index (χ0n) is 26.4. The molecule has 11 nitrogen and oxygen atoms in total. The molecule has 0 aliphatic carbocycles. The van der Waals surface area contributed by atoms with E-state index in [1.807, 2.05) is 12.1 Å². The quantitative estimate of drug-likeness (QED) is 0.177. The molecule has 5 N–H and O–H groups in total. The number of β-amino-alcohol motifs (C(OH)–C–C–N with tert-alkyl or cyclic N) is 1. The number of aliphatic hydroxyl groups is 5. The van der Waals surface area contributed by atoms with Crippen molar-refractivity contribution >= 4 is 17.5 Å². The first-order valence-electron chi connectivity index (χ1n) is 16.6. The van der Waals surface area contributed by atoms with Crippen LogP contribution in [0.4, 0.5) is 10.3 Å². The van der Waals surface area contributed by atoms with Crippen molar-refractivity contribution in [3.8, 4) is 5.75 Å². The Bertz CT molecular complexity index is 1240. The van der Waals surface area contributed by atoms with Crippen molar-refractivity contribution in [3.63, 3.8) is 0 Å².